The molecule has 2 amide bonds. The van der Waals surface area contributed by atoms with E-state index < -0.39 is 50.8 Å². The van der Waals surface area contributed by atoms with Gasteiger partial charge in [0.05, 0.1) is 16.2 Å². The van der Waals surface area contributed by atoms with Crippen LogP contribution in [0.5, 0.6) is 0 Å². The second kappa shape index (κ2) is 12.1. The first-order valence-corrected chi connectivity index (χ1v) is 15.3. The zero-order valence-electron chi connectivity index (χ0n) is 23.2. The number of rotatable bonds is 8. The van der Waals surface area contributed by atoms with E-state index in [0.29, 0.717) is 31.0 Å². The van der Waals surface area contributed by atoms with Crippen molar-refractivity contribution >= 4 is 21.7 Å². The van der Waals surface area contributed by atoms with Crippen molar-refractivity contribution in [1.82, 2.24) is 15.1 Å². The zero-order chi connectivity index (χ0) is 30.1. The molecule has 2 aliphatic rings. The number of nitrogens with one attached hydrogen (secondary N) is 1. The Morgan fingerprint density at radius 1 is 1.10 bits per heavy atom. The SMILES string of the molecule is CC(C)N(C)[C@@H]1CC[C@H](N2CC[C@H](NC(=O)c3cc(F)cc(C(F)(F)F)c3)C2=O)[C@H](CS(=O)(=O)c2ccccc2)C1. The molecule has 224 valence electrons. The largest absolute Gasteiger partial charge is 0.416 e. The summed E-state index contributed by atoms with van der Waals surface area (Å²) >= 11 is 0. The highest BCUT2D eigenvalue weighted by Crippen LogP contribution is 2.36. The number of carbonyl (C=O) groups is 2. The van der Waals surface area contributed by atoms with Crippen LogP contribution in [0, 0.1) is 11.7 Å². The molecule has 2 fully saturated rings. The predicted octanol–water partition coefficient (Wildman–Crippen LogP) is 4.53. The van der Waals surface area contributed by atoms with Gasteiger partial charge in [-0.1, -0.05) is 18.2 Å². The van der Waals surface area contributed by atoms with Crippen molar-refractivity contribution in [3.05, 3.63) is 65.5 Å². The second-order valence-electron chi connectivity index (χ2n) is 11.2. The Bertz CT molecular complexity index is 1370. The maximum absolute atomic E-state index is 13.8. The summed E-state index contributed by atoms with van der Waals surface area (Å²) in [7, 11) is -1.65. The van der Waals surface area contributed by atoms with E-state index in [9.17, 15) is 35.6 Å². The van der Waals surface area contributed by atoms with Gasteiger partial charge in [-0.3, -0.25) is 9.59 Å². The van der Waals surface area contributed by atoms with E-state index in [1.165, 1.54) is 0 Å². The van der Waals surface area contributed by atoms with Gasteiger partial charge < -0.3 is 15.1 Å². The molecule has 4 atom stereocenters. The number of hydrogen-bond donors (Lipinski definition) is 1. The smallest absolute Gasteiger partial charge is 0.340 e. The summed E-state index contributed by atoms with van der Waals surface area (Å²) in [6.07, 6.45) is -2.74. The lowest BCUT2D eigenvalue weighted by Gasteiger charge is -2.44. The number of sulfone groups is 1. The van der Waals surface area contributed by atoms with E-state index in [2.05, 4.69) is 24.1 Å². The fourth-order valence-corrected chi connectivity index (χ4v) is 7.59. The summed E-state index contributed by atoms with van der Waals surface area (Å²) in [6.45, 7) is 4.39. The summed E-state index contributed by atoms with van der Waals surface area (Å²) < 4.78 is 79.9. The molecule has 0 radical (unpaired) electrons. The molecule has 2 aromatic carbocycles. The van der Waals surface area contributed by atoms with Crippen LogP contribution in [0.4, 0.5) is 17.6 Å². The molecule has 4 rings (SSSR count). The highest BCUT2D eigenvalue weighted by atomic mass is 32.2. The number of alkyl halides is 3. The lowest BCUT2D eigenvalue weighted by Crippen LogP contribution is -2.53. The highest BCUT2D eigenvalue weighted by Gasteiger charge is 2.44. The van der Waals surface area contributed by atoms with Crippen molar-refractivity contribution < 1.29 is 35.6 Å². The Kier molecular flexibility index (Phi) is 9.13. The molecule has 1 aliphatic heterocycles. The molecule has 1 aliphatic carbocycles. The van der Waals surface area contributed by atoms with Gasteiger partial charge in [-0.15, -0.1) is 0 Å². The number of hydrogen-bond acceptors (Lipinski definition) is 5. The van der Waals surface area contributed by atoms with E-state index in [4.69, 9.17) is 0 Å². The van der Waals surface area contributed by atoms with E-state index in [0.717, 1.165) is 6.42 Å². The van der Waals surface area contributed by atoms with Crippen LogP contribution < -0.4 is 5.32 Å². The van der Waals surface area contributed by atoms with Crippen molar-refractivity contribution in [2.45, 2.75) is 74.8 Å². The summed E-state index contributed by atoms with van der Waals surface area (Å²) in [5, 5.41) is 2.46. The molecule has 1 saturated heterocycles. The minimum atomic E-state index is -4.84. The summed E-state index contributed by atoms with van der Waals surface area (Å²) in [4.78, 5) is 30.2. The third-order valence-electron chi connectivity index (χ3n) is 8.27. The molecular weight excluding hydrogens is 562 g/mol. The van der Waals surface area contributed by atoms with Gasteiger partial charge in [0.25, 0.3) is 5.91 Å². The quantitative estimate of drug-likeness (QED) is 0.452. The third-order valence-corrected chi connectivity index (χ3v) is 10.1. The van der Waals surface area contributed by atoms with Crippen LogP contribution >= 0.6 is 0 Å². The van der Waals surface area contributed by atoms with Gasteiger partial charge in [0.1, 0.15) is 11.9 Å². The molecule has 0 spiro atoms. The molecule has 1 heterocycles. The molecule has 12 heteroatoms. The molecular formula is C29H35F4N3O4S. The van der Waals surface area contributed by atoms with Gasteiger partial charge in [-0.2, -0.15) is 13.2 Å². The van der Waals surface area contributed by atoms with Crippen molar-refractivity contribution in [2.75, 3.05) is 19.3 Å². The number of benzene rings is 2. The molecule has 0 aromatic heterocycles. The van der Waals surface area contributed by atoms with Gasteiger partial charge in [-0.25, -0.2) is 12.8 Å². The number of carbonyl (C=O) groups excluding carboxylic acids is 2. The number of amides is 2. The fraction of sp³-hybridized carbons (Fsp3) is 0.517. The maximum atomic E-state index is 13.8. The third kappa shape index (κ3) is 7.09. The average molecular weight is 598 g/mol. The molecule has 7 nitrogen and oxygen atoms in total. The summed E-state index contributed by atoms with van der Waals surface area (Å²) in [5.74, 6) is -3.13. The predicted molar refractivity (Wildman–Crippen MR) is 145 cm³/mol. The Morgan fingerprint density at radius 2 is 1.78 bits per heavy atom. The van der Waals surface area contributed by atoms with Gasteiger partial charge in [-0.05, 0) is 82.8 Å². The average Bonchev–Trinajstić information content (AvgIpc) is 3.26. The van der Waals surface area contributed by atoms with Gasteiger partial charge >= 0.3 is 6.18 Å². The minimum absolute atomic E-state index is 0.131. The van der Waals surface area contributed by atoms with Gasteiger partial charge in [0.2, 0.25) is 5.91 Å². The topological polar surface area (TPSA) is 86.8 Å². The standard InChI is InChI=1S/C29H35F4N3O4S/c1-18(2)35(3)23-9-10-26(20(15-23)17-41(39,40)24-7-5-4-6-8-24)36-12-11-25(28(36)38)34-27(37)19-13-21(29(31,32)33)16-22(30)14-19/h4-8,13-14,16,18,20,23,25-26H,9-12,15,17H2,1-3H3,(H,34,37)/t20-,23+,25-,26-/m0/s1. The lowest BCUT2D eigenvalue weighted by molar-refractivity contribution is -0.138. The molecule has 1 saturated carbocycles. The first-order chi connectivity index (χ1) is 19.2. The first kappa shape index (κ1) is 31.0. The van der Waals surface area contributed by atoms with Gasteiger partial charge in [0.15, 0.2) is 9.84 Å². The summed E-state index contributed by atoms with van der Waals surface area (Å²) in [5.41, 5.74) is -1.83. The lowest BCUT2D eigenvalue weighted by atomic mass is 9.81. The van der Waals surface area contributed by atoms with E-state index in [1.54, 1.807) is 35.2 Å². The molecule has 2 aromatic rings. The van der Waals surface area contributed by atoms with Crippen LogP contribution in [0.15, 0.2) is 53.4 Å². The van der Waals surface area contributed by atoms with Crippen molar-refractivity contribution in [3.8, 4) is 0 Å². The van der Waals surface area contributed by atoms with E-state index >= 15 is 0 Å². The molecule has 0 bridgehead atoms. The van der Waals surface area contributed by atoms with E-state index in [1.807, 2.05) is 7.05 Å². The Balaban J connectivity index is 1.53. The maximum Gasteiger partial charge on any atom is 0.416 e. The van der Waals surface area contributed by atoms with Crippen LogP contribution in [0.25, 0.3) is 0 Å². The van der Waals surface area contributed by atoms with Crippen LogP contribution in [0.1, 0.15) is 55.5 Å². The van der Waals surface area contributed by atoms with Crippen molar-refractivity contribution in [2.24, 2.45) is 5.92 Å². The number of halogens is 4. The first-order valence-electron chi connectivity index (χ1n) is 13.7. The van der Waals surface area contributed by atoms with Crippen molar-refractivity contribution in [3.63, 3.8) is 0 Å². The van der Waals surface area contributed by atoms with Crippen LogP contribution in [-0.2, 0) is 20.8 Å². The van der Waals surface area contributed by atoms with Crippen LogP contribution in [0.3, 0.4) is 0 Å². The van der Waals surface area contributed by atoms with Crippen LogP contribution in [-0.4, -0.2) is 73.5 Å². The number of likely N-dealkylation sites (tertiary alicyclic amines) is 1. The highest BCUT2D eigenvalue weighted by molar-refractivity contribution is 7.91. The Labute approximate surface area is 237 Å². The Morgan fingerprint density at radius 3 is 2.41 bits per heavy atom. The monoisotopic (exact) mass is 597 g/mol. The van der Waals surface area contributed by atoms with Gasteiger partial charge in [0, 0.05) is 30.2 Å². The Hall–Kier alpha value is -2.99. The summed E-state index contributed by atoms with van der Waals surface area (Å²) in [6, 6.07) is 8.68. The van der Waals surface area contributed by atoms with E-state index in [-0.39, 0.29) is 47.7 Å². The van der Waals surface area contributed by atoms with Crippen LogP contribution in [0.2, 0.25) is 0 Å². The normalized spacial score (nSPS) is 23.8. The minimum Gasteiger partial charge on any atom is -0.340 e. The molecule has 0 unspecified atom stereocenters. The number of nitrogens with zero attached hydrogens (tertiary/aromatic N) is 2. The molecule has 1 N–H and O–H groups in total. The second-order valence-corrected chi connectivity index (χ2v) is 13.3. The molecule has 41 heavy (non-hydrogen) atoms. The van der Waals surface area contributed by atoms with Crippen molar-refractivity contribution in [1.29, 1.82) is 0 Å². The zero-order valence-corrected chi connectivity index (χ0v) is 24.0. The fourth-order valence-electron chi connectivity index (χ4n) is 5.90.